The third-order valence-electron chi connectivity index (χ3n) is 7.10. The number of hydrogen-bond acceptors (Lipinski definition) is 0. The molecule has 0 N–H and O–H groups in total. The van der Waals surface area contributed by atoms with Gasteiger partial charge >= 0.3 is 0 Å². The molecule has 194 valence electrons. The maximum atomic E-state index is 4.41. The van der Waals surface area contributed by atoms with E-state index in [2.05, 4.69) is 144 Å². The minimum absolute atomic E-state index is 1.08. The van der Waals surface area contributed by atoms with E-state index in [0.717, 1.165) is 18.4 Å². The van der Waals surface area contributed by atoms with E-state index >= 15 is 0 Å². The Bertz CT molecular complexity index is 1370. The molecule has 0 saturated carbocycles. The van der Waals surface area contributed by atoms with Crippen molar-refractivity contribution in [3.05, 3.63) is 149 Å². The van der Waals surface area contributed by atoms with Gasteiger partial charge in [0.25, 0.3) is 0 Å². The van der Waals surface area contributed by atoms with E-state index in [1.165, 1.54) is 55.7 Å². The van der Waals surface area contributed by atoms with Crippen LogP contribution < -0.4 is 0 Å². The lowest BCUT2D eigenvalue weighted by molar-refractivity contribution is 1.04. The first-order chi connectivity index (χ1) is 18.5. The van der Waals surface area contributed by atoms with E-state index in [1.807, 2.05) is 13.8 Å². The minimum Gasteiger partial charge on any atom is -0.0912 e. The van der Waals surface area contributed by atoms with Gasteiger partial charge in [0, 0.05) is 0 Å². The zero-order valence-corrected chi connectivity index (χ0v) is 24.0. The lowest BCUT2D eigenvalue weighted by atomic mass is 9.89. The summed E-state index contributed by atoms with van der Waals surface area (Å²) in [5.74, 6) is 0. The lowest BCUT2D eigenvalue weighted by Crippen LogP contribution is -1.94. The van der Waals surface area contributed by atoms with Gasteiger partial charge in [-0.05, 0) is 102 Å². The van der Waals surface area contributed by atoms with Crippen LogP contribution in [0.2, 0.25) is 0 Å². The smallest absolute Gasteiger partial charge is 0.0146 e. The average molecular weight is 499 g/mol. The summed E-state index contributed by atoms with van der Waals surface area (Å²) in [7, 11) is 0. The van der Waals surface area contributed by atoms with E-state index in [1.54, 1.807) is 0 Å². The molecule has 0 unspecified atom stereocenters. The molecule has 3 aromatic rings. The summed E-state index contributed by atoms with van der Waals surface area (Å²) in [5.41, 5.74) is 13.4. The highest BCUT2D eigenvalue weighted by molar-refractivity contribution is 5.88. The van der Waals surface area contributed by atoms with Crippen molar-refractivity contribution >= 4 is 16.7 Å². The van der Waals surface area contributed by atoms with Crippen molar-refractivity contribution in [2.24, 2.45) is 0 Å². The fourth-order valence-corrected chi connectivity index (χ4v) is 4.57. The molecule has 0 bridgehead atoms. The average Bonchev–Trinajstić information content (AvgIpc) is 3.00. The Morgan fingerprint density at radius 1 is 0.711 bits per heavy atom. The first kappa shape index (κ1) is 28.7. The van der Waals surface area contributed by atoms with Gasteiger partial charge in [0.15, 0.2) is 0 Å². The van der Waals surface area contributed by atoms with Gasteiger partial charge in [-0.25, -0.2) is 0 Å². The van der Waals surface area contributed by atoms with Crippen LogP contribution in [-0.4, -0.2) is 0 Å². The molecule has 0 aromatic heterocycles. The van der Waals surface area contributed by atoms with Gasteiger partial charge in [-0.1, -0.05) is 130 Å². The highest BCUT2D eigenvalue weighted by atomic mass is 14.2. The van der Waals surface area contributed by atoms with Crippen molar-refractivity contribution in [2.45, 2.75) is 54.4 Å². The Kier molecular flexibility index (Phi) is 10.7. The van der Waals surface area contributed by atoms with E-state index in [4.69, 9.17) is 0 Å². The summed E-state index contributed by atoms with van der Waals surface area (Å²) >= 11 is 0. The van der Waals surface area contributed by atoms with Crippen LogP contribution in [0.4, 0.5) is 0 Å². The zero-order valence-electron chi connectivity index (χ0n) is 24.0. The summed E-state index contributed by atoms with van der Waals surface area (Å²) in [5, 5.41) is 0. The molecule has 38 heavy (non-hydrogen) atoms. The maximum Gasteiger partial charge on any atom is -0.0146 e. The van der Waals surface area contributed by atoms with E-state index in [-0.39, 0.29) is 0 Å². The Morgan fingerprint density at radius 3 is 1.87 bits per heavy atom. The van der Waals surface area contributed by atoms with Crippen LogP contribution in [0, 0.1) is 0 Å². The number of hydrogen-bond donors (Lipinski definition) is 0. The molecule has 0 spiro atoms. The largest absolute Gasteiger partial charge is 0.0912 e. The Morgan fingerprint density at radius 2 is 1.29 bits per heavy atom. The SMILES string of the molecule is C=C(/C(C)=C/C)/C(C)=C(\C=C(/C)c1ccc(C2=CCCC=C2)cc1)c1ccc(-c2ccccc2)cc1.CC. The summed E-state index contributed by atoms with van der Waals surface area (Å²) in [6, 6.07) is 28.4. The topological polar surface area (TPSA) is 0 Å². The molecular formula is C38H42. The van der Waals surface area contributed by atoms with Crippen LogP contribution >= 0.6 is 0 Å². The van der Waals surface area contributed by atoms with Crippen LogP contribution in [0.3, 0.4) is 0 Å². The summed E-state index contributed by atoms with van der Waals surface area (Å²) in [6.45, 7) is 17.0. The number of rotatable bonds is 7. The Hall–Kier alpha value is -3.90. The number of benzene rings is 3. The third-order valence-corrected chi connectivity index (χ3v) is 7.10. The van der Waals surface area contributed by atoms with Crippen LogP contribution in [0.5, 0.6) is 0 Å². The first-order valence-corrected chi connectivity index (χ1v) is 13.8. The summed E-state index contributed by atoms with van der Waals surface area (Å²) < 4.78 is 0. The van der Waals surface area contributed by atoms with Crippen molar-refractivity contribution in [1.82, 2.24) is 0 Å². The first-order valence-electron chi connectivity index (χ1n) is 13.8. The zero-order chi connectivity index (χ0) is 27.5. The van der Waals surface area contributed by atoms with Crippen LogP contribution in [0.1, 0.15) is 71.1 Å². The predicted molar refractivity (Wildman–Crippen MR) is 171 cm³/mol. The van der Waals surface area contributed by atoms with Gasteiger partial charge in [0.05, 0.1) is 0 Å². The Balaban J connectivity index is 0.00000195. The fraction of sp³-hybridized carbons (Fsp3) is 0.211. The molecule has 0 atom stereocenters. The molecule has 0 heteroatoms. The van der Waals surface area contributed by atoms with Gasteiger partial charge in [-0.2, -0.15) is 0 Å². The van der Waals surface area contributed by atoms with Gasteiger partial charge in [0.2, 0.25) is 0 Å². The molecule has 0 amide bonds. The summed E-state index contributed by atoms with van der Waals surface area (Å²) in [4.78, 5) is 0. The molecule has 0 radical (unpaired) electrons. The van der Waals surface area contributed by atoms with Crippen molar-refractivity contribution in [3.63, 3.8) is 0 Å². The van der Waals surface area contributed by atoms with Crippen LogP contribution in [0.15, 0.2) is 133 Å². The van der Waals surface area contributed by atoms with Gasteiger partial charge in [-0.15, -0.1) is 0 Å². The molecule has 0 saturated heterocycles. The third kappa shape index (κ3) is 7.11. The van der Waals surface area contributed by atoms with Gasteiger partial charge in [-0.3, -0.25) is 0 Å². The molecule has 4 rings (SSSR count). The van der Waals surface area contributed by atoms with Crippen LogP contribution in [0.25, 0.3) is 27.8 Å². The fourth-order valence-electron chi connectivity index (χ4n) is 4.57. The molecule has 0 aliphatic heterocycles. The van der Waals surface area contributed by atoms with Crippen molar-refractivity contribution < 1.29 is 0 Å². The number of allylic oxidation sites excluding steroid dienone is 11. The van der Waals surface area contributed by atoms with Crippen molar-refractivity contribution in [2.75, 3.05) is 0 Å². The maximum absolute atomic E-state index is 4.41. The molecule has 0 fully saturated rings. The molecule has 0 heterocycles. The highest BCUT2D eigenvalue weighted by Crippen LogP contribution is 2.32. The monoisotopic (exact) mass is 498 g/mol. The highest BCUT2D eigenvalue weighted by Gasteiger charge is 2.10. The minimum atomic E-state index is 1.08. The van der Waals surface area contributed by atoms with Crippen LogP contribution in [-0.2, 0) is 0 Å². The molecule has 0 nitrogen and oxygen atoms in total. The second kappa shape index (κ2) is 14.1. The standard InChI is InChI=1S/C36H36.C2H6/c1-6-26(2)28(4)29(5)36(35-23-21-34(22-24-35)32-15-11-8-12-16-32)25-27(3)30-17-19-33(20-18-30)31-13-9-7-10-14-31;1-2/h6,8-9,11-25H,4,7,10H2,1-3,5H3;1-2H3/b26-6+,27-25+,36-29+;. The lowest BCUT2D eigenvalue weighted by Gasteiger charge is -2.15. The predicted octanol–water partition coefficient (Wildman–Crippen LogP) is 11.5. The second-order valence-electron chi connectivity index (χ2n) is 9.48. The Labute approximate surface area is 231 Å². The molecular weight excluding hydrogens is 456 g/mol. The normalized spacial score (nSPS) is 14.2. The van der Waals surface area contributed by atoms with Gasteiger partial charge < -0.3 is 0 Å². The van der Waals surface area contributed by atoms with E-state index < -0.39 is 0 Å². The molecule has 1 aliphatic rings. The molecule has 1 aliphatic carbocycles. The van der Waals surface area contributed by atoms with E-state index in [9.17, 15) is 0 Å². The molecule has 3 aromatic carbocycles. The van der Waals surface area contributed by atoms with Gasteiger partial charge in [0.1, 0.15) is 0 Å². The summed E-state index contributed by atoms with van der Waals surface area (Å²) in [6.07, 6.45) is 13.5. The van der Waals surface area contributed by atoms with E-state index in [0.29, 0.717) is 0 Å². The quantitative estimate of drug-likeness (QED) is 0.284. The van der Waals surface area contributed by atoms with Crippen molar-refractivity contribution in [1.29, 1.82) is 0 Å². The second-order valence-corrected chi connectivity index (χ2v) is 9.48. The van der Waals surface area contributed by atoms with Crippen molar-refractivity contribution in [3.8, 4) is 11.1 Å².